The van der Waals surface area contributed by atoms with E-state index in [2.05, 4.69) is 10.3 Å². The van der Waals surface area contributed by atoms with Crippen LogP contribution in [-0.2, 0) is 24.2 Å². The average Bonchev–Trinajstić information content (AvgIpc) is 3.27. The van der Waals surface area contributed by atoms with Crippen LogP contribution in [0.15, 0.2) is 35.3 Å². The van der Waals surface area contributed by atoms with E-state index in [1.165, 1.54) is 36.5 Å². The zero-order valence-corrected chi connectivity index (χ0v) is 20.9. The number of allylic oxidation sites excluding steroid dienone is 3. The summed E-state index contributed by atoms with van der Waals surface area (Å²) >= 11 is 1.35. The fourth-order valence-corrected chi connectivity index (χ4v) is 8.39. The van der Waals surface area contributed by atoms with Crippen molar-refractivity contribution in [2.75, 3.05) is 0 Å². The van der Waals surface area contributed by atoms with E-state index in [9.17, 15) is 28.8 Å². The molecular weight excluding hydrogens is 484 g/mol. The van der Waals surface area contributed by atoms with E-state index in [-0.39, 0.29) is 19.3 Å². The Morgan fingerprint density at radius 3 is 2.61 bits per heavy atom. The zero-order chi connectivity index (χ0) is 24.4. The van der Waals surface area contributed by atoms with Gasteiger partial charge in [-0.2, -0.15) is 0 Å². The van der Waals surface area contributed by atoms with Crippen LogP contribution in [0.5, 0.6) is 0 Å². The summed E-state index contributed by atoms with van der Waals surface area (Å²) < 4.78 is 11.5. The van der Waals surface area contributed by atoms with E-state index in [0.29, 0.717) is 27.1 Å². The second-order valence-corrected chi connectivity index (χ2v) is 12.4. The molecule has 3 heterocycles. The number of aliphatic hydroxyl groups is 2. The summed E-state index contributed by atoms with van der Waals surface area (Å²) in [6.45, 7) is 4.75. The minimum Gasteiger partial charge on any atom is -0.381 e. The third kappa shape index (κ3) is 5.43. The first-order valence-electron chi connectivity index (χ1n) is 10.3. The number of ketones is 1. The quantitative estimate of drug-likeness (QED) is 0.358. The number of aromatic nitrogens is 1. The first-order chi connectivity index (χ1) is 15.5. The number of carbonyl (C=O) groups excluding carboxylic acids is 3. The zero-order valence-electron chi connectivity index (χ0n) is 18.4. The first kappa shape index (κ1) is 25.7. The molecule has 1 spiro atoms. The molecule has 3 rings (SSSR count). The van der Waals surface area contributed by atoms with Crippen molar-refractivity contribution in [1.29, 1.82) is 0 Å². The molecule has 2 aliphatic rings. The van der Waals surface area contributed by atoms with Gasteiger partial charge in [-0.15, -0.1) is 11.3 Å². The lowest BCUT2D eigenvalue weighted by molar-refractivity contribution is -0.132. The van der Waals surface area contributed by atoms with Crippen molar-refractivity contribution >= 4 is 54.8 Å². The van der Waals surface area contributed by atoms with Crippen LogP contribution < -0.4 is 5.32 Å². The molecule has 1 aromatic rings. The van der Waals surface area contributed by atoms with Crippen LogP contribution in [0.4, 0.5) is 0 Å². The van der Waals surface area contributed by atoms with E-state index < -0.39 is 49.1 Å². The smallest absolute Gasteiger partial charge is 0.234 e. The number of nitrogens with one attached hydrogen (secondary N) is 1. The highest BCUT2D eigenvalue weighted by Crippen LogP contribution is 2.50. The number of nitrogens with zero attached hydrogens (tertiary/aromatic N) is 1. The van der Waals surface area contributed by atoms with Gasteiger partial charge in [-0.05, 0) is 51.8 Å². The number of carbonyl (C=O) groups is 3. The largest absolute Gasteiger partial charge is 0.381 e. The fraction of sp³-hybridized carbons (Fsp3) is 0.455. The molecule has 0 saturated carbocycles. The van der Waals surface area contributed by atoms with Gasteiger partial charge in [0.25, 0.3) is 0 Å². The molecule has 1 saturated heterocycles. The summed E-state index contributed by atoms with van der Waals surface area (Å²) in [5.41, 5.74) is -0.732. The van der Waals surface area contributed by atoms with E-state index >= 15 is 0 Å². The van der Waals surface area contributed by atoms with Crippen molar-refractivity contribution < 1.29 is 28.8 Å². The first-order valence-corrected chi connectivity index (χ1v) is 13.7. The topological polar surface area (TPSA) is 134 Å². The second kappa shape index (κ2) is 10.1. The molecule has 0 radical (unpaired) electrons. The number of hydrogen-bond donors (Lipinski definition) is 3. The molecule has 5 atom stereocenters. The Morgan fingerprint density at radius 1 is 1.24 bits per heavy atom. The van der Waals surface area contributed by atoms with Crippen molar-refractivity contribution in [2.24, 2.45) is 0 Å². The minimum absolute atomic E-state index is 0.0520. The van der Waals surface area contributed by atoms with Crippen molar-refractivity contribution in [3.05, 3.63) is 46.0 Å². The van der Waals surface area contributed by atoms with Gasteiger partial charge in [-0.3, -0.25) is 14.4 Å². The second-order valence-electron chi connectivity index (χ2n) is 8.33. The lowest BCUT2D eigenvalue weighted by atomic mass is 9.81. The Balaban J connectivity index is 1.99. The summed E-state index contributed by atoms with van der Waals surface area (Å²) in [4.78, 5) is 42.0. The van der Waals surface area contributed by atoms with Crippen LogP contribution in [0.2, 0.25) is 0 Å². The highest BCUT2D eigenvalue weighted by Gasteiger charge is 2.63. The highest BCUT2D eigenvalue weighted by atomic mass is 33.1. The Morgan fingerprint density at radius 2 is 1.94 bits per heavy atom. The molecule has 1 aromatic heterocycles. The van der Waals surface area contributed by atoms with E-state index in [4.69, 9.17) is 0 Å². The normalized spacial score (nSPS) is 35.1. The maximum atomic E-state index is 13.0. The average molecular weight is 511 g/mol. The van der Waals surface area contributed by atoms with Crippen molar-refractivity contribution in [1.82, 2.24) is 10.3 Å². The third-order valence-electron chi connectivity index (χ3n) is 5.78. The Bertz CT molecular complexity index is 1070. The van der Waals surface area contributed by atoms with Crippen LogP contribution >= 0.6 is 22.1 Å². The maximum Gasteiger partial charge on any atom is 0.234 e. The maximum absolute atomic E-state index is 13.0. The van der Waals surface area contributed by atoms with Gasteiger partial charge in [-0.1, -0.05) is 17.7 Å². The van der Waals surface area contributed by atoms with Crippen LogP contribution in [0.25, 0.3) is 6.08 Å². The Hall–Kier alpha value is -1.92. The predicted octanol–water partition coefficient (Wildman–Crippen LogP) is 2.38. The molecule has 8 nitrogen and oxygen atoms in total. The number of thiazole rings is 1. The Kier molecular flexibility index (Phi) is 7.90. The van der Waals surface area contributed by atoms with Gasteiger partial charge in [-0.25, -0.2) is 9.19 Å². The van der Waals surface area contributed by atoms with Crippen LogP contribution in [0.3, 0.4) is 0 Å². The standard InChI is InChI=1S/C22H26N2O6S3/c1-13-8-9-22(21(3,29)20(28)32-33(22)30)11-18(27)23-14(2)19-24-15(12-31-19)6-4-5-7-16(25)17(26)10-13/h4-7,10,12,14,17,26,29H,8-9,11H2,1-3H3,(H,23,27)/b6-4?,7-5-,13-10?/t14-,17-,21+,22-,33?/m1/s1. The monoisotopic (exact) mass is 510 g/mol. The number of rotatable bonds is 0. The molecule has 33 heavy (non-hydrogen) atoms. The van der Waals surface area contributed by atoms with Gasteiger partial charge in [0.1, 0.15) is 21.5 Å². The van der Waals surface area contributed by atoms with Gasteiger partial charge in [0.15, 0.2) is 5.78 Å². The molecular formula is C22H26N2O6S3. The molecule has 1 fully saturated rings. The number of amides is 1. The molecule has 178 valence electrons. The molecule has 11 heteroatoms. The SMILES string of the molecule is CC1=C[C@@H](O)C(=O)/C=C\C=Cc2csc(n2)[C@@H](C)NC(=O)C[C@@]2(CC1)S(=O)SC(=O)[C@]2(C)O. The van der Waals surface area contributed by atoms with Crippen LogP contribution in [0, 0.1) is 0 Å². The van der Waals surface area contributed by atoms with Crippen LogP contribution in [0.1, 0.15) is 56.8 Å². The van der Waals surface area contributed by atoms with Gasteiger partial charge in [0.2, 0.25) is 11.0 Å². The van der Waals surface area contributed by atoms with Crippen molar-refractivity contribution in [2.45, 2.75) is 62.5 Å². The summed E-state index contributed by atoms with van der Waals surface area (Å²) in [6, 6.07) is -0.433. The molecule has 2 bridgehead atoms. The van der Waals surface area contributed by atoms with Crippen molar-refractivity contribution in [3.8, 4) is 0 Å². The van der Waals surface area contributed by atoms with E-state index in [0.717, 1.165) is 0 Å². The summed E-state index contributed by atoms with van der Waals surface area (Å²) in [6.07, 6.45) is 6.07. The molecule has 0 aromatic carbocycles. The van der Waals surface area contributed by atoms with Gasteiger partial charge in [0.05, 0.1) is 21.6 Å². The lowest BCUT2D eigenvalue weighted by Crippen LogP contribution is -2.55. The molecule has 1 amide bonds. The Labute approximate surface area is 202 Å². The number of hydrogen-bond acceptors (Lipinski definition) is 9. The van der Waals surface area contributed by atoms with Gasteiger partial charge in [0, 0.05) is 22.6 Å². The molecule has 3 N–H and O–H groups in total. The lowest BCUT2D eigenvalue weighted by Gasteiger charge is -2.36. The minimum atomic E-state index is -1.99. The molecule has 2 aliphatic heterocycles. The van der Waals surface area contributed by atoms with E-state index in [1.54, 1.807) is 31.4 Å². The molecule has 1 unspecified atom stereocenters. The fourth-order valence-electron chi connectivity index (χ4n) is 3.65. The number of fused-ring (bicyclic) bond motifs is 2. The van der Waals surface area contributed by atoms with Gasteiger partial charge >= 0.3 is 0 Å². The predicted molar refractivity (Wildman–Crippen MR) is 130 cm³/mol. The van der Waals surface area contributed by atoms with Gasteiger partial charge < -0.3 is 15.5 Å². The summed E-state index contributed by atoms with van der Waals surface area (Å²) in [7, 11) is -1.33. The number of aliphatic hydroxyl groups excluding tert-OH is 1. The van der Waals surface area contributed by atoms with Crippen LogP contribution in [-0.4, -0.2) is 52.7 Å². The molecule has 0 aliphatic carbocycles. The summed E-state index contributed by atoms with van der Waals surface area (Å²) in [5, 5.41) is 25.8. The van der Waals surface area contributed by atoms with E-state index in [1.807, 2.05) is 0 Å². The third-order valence-corrected chi connectivity index (χ3v) is 10.8. The highest BCUT2D eigenvalue weighted by molar-refractivity contribution is 8.76. The summed E-state index contributed by atoms with van der Waals surface area (Å²) in [5.74, 6) is -0.969. The van der Waals surface area contributed by atoms with Crippen molar-refractivity contribution in [3.63, 3.8) is 0 Å².